The highest BCUT2D eigenvalue weighted by Gasteiger charge is 2.20. The first-order valence-corrected chi connectivity index (χ1v) is 7.58. The lowest BCUT2D eigenvalue weighted by Gasteiger charge is -2.04. The molecule has 0 bridgehead atoms. The number of imidazole rings is 1. The normalized spacial score (nSPS) is 14.3. The number of nitrogens with one attached hydrogen (secondary N) is 1. The van der Waals surface area contributed by atoms with E-state index in [-0.39, 0.29) is 10.6 Å². The summed E-state index contributed by atoms with van der Waals surface area (Å²) in [6, 6.07) is 5.75. The number of hydrogen-bond acceptors (Lipinski definition) is 4. The second-order valence-corrected chi connectivity index (χ2v) is 6.14. The van der Waals surface area contributed by atoms with Crippen molar-refractivity contribution in [2.75, 3.05) is 0 Å². The Hall–Kier alpha value is -1.73. The molecule has 1 aliphatic carbocycles. The van der Waals surface area contributed by atoms with E-state index in [1.807, 2.05) is 16.8 Å². The van der Waals surface area contributed by atoms with Crippen LogP contribution >= 0.6 is 15.9 Å². The molecule has 1 saturated carbocycles. The van der Waals surface area contributed by atoms with Crippen molar-refractivity contribution >= 4 is 21.6 Å². The van der Waals surface area contributed by atoms with Crippen LogP contribution in [-0.2, 0) is 13.1 Å². The van der Waals surface area contributed by atoms with Crippen LogP contribution in [0.15, 0.2) is 35.2 Å². The van der Waals surface area contributed by atoms with E-state index in [4.69, 9.17) is 0 Å². The summed E-state index contributed by atoms with van der Waals surface area (Å²) >= 11 is 3.26. The summed E-state index contributed by atoms with van der Waals surface area (Å²) in [4.78, 5) is 15.1. The molecule has 0 spiro atoms. The molecular formula is C14H15BrN4O2. The zero-order valence-corrected chi connectivity index (χ0v) is 12.9. The average molecular weight is 351 g/mol. The molecule has 110 valence electrons. The molecule has 21 heavy (non-hydrogen) atoms. The number of benzene rings is 1. The third-order valence-corrected chi connectivity index (χ3v) is 3.93. The summed E-state index contributed by atoms with van der Waals surface area (Å²) < 4.78 is 2.58. The van der Waals surface area contributed by atoms with Crippen LogP contribution in [-0.4, -0.2) is 20.5 Å². The average Bonchev–Trinajstić information content (AvgIpc) is 3.18. The van der Waals surface area contributed by atoms with Gasteiger partial charge in [-0.2, -0.15) is 0 Å². The Bertz CT molecular complexity index is 667. The summed E-state index contributed by atoms with van der Waals surface area (Å²) in [5.41, 5.74) is 1.75. The molecular weight excluding hydrogens is 336 g/mol. The van der Waals surface area contributed by atoms with E-state index < -0.39 is 0 Å². The van der Waals surface area contributed by atoms with E-state index in [1.165, 1.54) is 18.9 Å². The highest BCUT2D eigenvalue weighted by Crippen LogP contribution is 2.24. The predicted molar refractivity (Wildman–Crippen MR) is 82.0 cm³/mol. The first kappa shape index (κ1) is 14.2. The van der Waals surface area contributed by atoms with Gasteiger partial charge >= 0.3 is 0 Å². The van der Waals surface area contributed by atoms with Gasteiger partial charge in [-0.05, 0) is 25.0 Å². The Morgan fingerprint density at radius 3 is 3.00 bits per heavy atom. The number of aromatic nitrogens is 2. The molecule has 0 aliphatic heterocycles. The lowest BCUT2D eigenvalue weighted by atomic mass is 10.2. The van der Waals surface area contributed by atoms with E-state index in [0.717, 1.165) is 12.2 Å². The fraction of sp³-hybridized carbons (Fsp3) is 0.357. The first-order valence-electron chi connectivity index (χ1n) is 6.78. The Morgan fingerprint density at radius 2 is 2.29 bits per heavy atom. The molecule has 0 atom stereocenters. The van der Waals surface area contributed by atoms with Crippen LogP contribution in [0.3, 0.4) is 0 Å². The molecule has 0 unspecified atom stereocenters. The molecule has 1 aliphatic rings. The molecule has 0 radical (unpaired) electrons. The highest BCUT2D eigenvalue weighted by atomic mass is 79.9. The maximum Gasteiger partial charge on any atom is 0.275 e. The van der Waals surface area contributed by atoms with Crippen molar-refractivity contribution < 1.29 is 4.92 Å². The van der Waals surface area contributed by atoms with Crippen molar-refractivity contribution in [3.8, 4) is 0 Å². The zero-order valence-electron chi connectivity index (χ0n) is 11.3. The van der Waals surface area contributed by atoms with Gasteiger partial charge in [0.2, 0.25) is 0 Å². The number of hydrogen-bond donors (Lipinski definition) is 1. The smallest absolute Gasteiger partial charge is 0.275 e. The zero-order chi connectivity index (χ0) is 14.8. The minimum atomic E-state index is -0.355. The molecule has 7 heteroatoms. The second-order valence-electron chi connectivity index (χ2n) is 5.22. The second kappa shape index (κ2) is 5.95. The van der Waals surface area contributed by atoms with Crippen molar-refractivity contribution in [3.63, 3.8) is 0 Å². The molecule has 1 N–H and O–H groups in total. The van der Waals surface area contributed by atoms with Crippen molar-refractivity contribution in [2.45, 2.75) is 32.0 Å². The third-order valence-electron chi connectivity index (χ3n) is 3.43. The summed E-state index contributed by atoms with van der Waals surface area (Å²) in [5.74, 6) is 0. The van der Waals surface area contributed by atoms with Gasteiger partial charge in [0, 0.05) is 34.9 Å². The summed E-state index contributed by atoms with van der Waals surface area (Å²) in [6.07, 6.45) is 6.13. The lowest BCUT2D eigenvalue weighted by Crippen LogP contribution is -2.15. The van der Waals surface area contributed by atoms with E-state index in [2.05, 4.69) is 26.2 Å². The van der Waals surface area contributed by atoms with Crippen LogP contribution in [0.2, 0.25) is 0 Å². The molecule has 6 nitrogen and oxygen atoms in total. The number of nitro benzene ring substituents is 1. The van der Waals surface area contributed by atoms with Gasteiger partial charge in [-0.25, -0.2) is 4.98 Å². The predicted octanol–water partition coefficient (Wildman–Crippen LogP) is 2.85. The highest BCUT2D eigenvalue weighted by molar-refractivity contribution is 9.10. The Kier molecular flexibility index (Phi) is 4.03. The van der Waals surface area contributed by atoms with Crippen molar-refractivity contribution in [2.24, 2.45) is 0 Å². The van der Waals surface area contributed by atoms with Crippen LogP contribution < -0.4 is 5.32 Å². The van der Waals surface area contributed by atoms with Crippen molar-refractivity contribution in [1.82, 2.24) is 14.9 Å². The van der Waals surface area contributed by atoms with Crippen molar-refractivity contribution in [1.29, 1.82) is 0 Å². The van der Waals surface area contributed by atoms with Gasteiger partial charge in [0.25, 0.3) is 5.69 Å². The largest absolute Gasteiger partial charge is 0.332 e. The van der Waals surface area contributed by atoms with Crippen LogP contribution in [0.1, 0.15) is 24.1 Å². The minimum absolute atomic E-state index is 0.121. The molecule has 1 aromatic heterocycles. The van der Waals surface area contributed by atoms with Crippen LogP contribution in [0.5, 0.6) is 0 Å². The van der Waals surface area contributed by atoms with Gasteiger partial charge in [0.1, 0.15) is 0 Å². The lowest BCUT2D eigenvalue weighted by molar-refractivity contribution is -0.385. The van der Waals surface area contributed by atoms with Gasteiger partial charge in [-0.15, -0.1) is 0 Å². The number of nitrogens with zero attached hydrogens (tertiary/aromatic N) is 3. The van der Waals surface area contributed by atoms with Crippen molar-refractivity contribution in [3.05, 3.63) is 56.6 Å². The van der Waals surface area contributed by atoms with E-state index >= 15 is 0 Å². The molecule has 1 aromatic carbocycles. The number of rotatable bonds is 6. The summed E-state index contributed by atoms with van der Waals surface area (Å²) in [7, 11) is 0. The van der Waals surface area contributed by atoms with Gasteiger partial charge in [0.05, 0.1) is 23.5 Å². The van der Waals surface area contributed by atoms with Gasteiger partial charge < -0.3 is 9.88 Å². The van der Waals surface area contributed by atoms with Crippen LogP contribution in [0.25, 0.3) is 0 Å². The first-order chi connectivity index (χ1) is 10.1. The molecule has 2 aromatic rings. The van der Waals surface area contributed by atoms with Crippen LogP contribution in [0, 0.1) is 10.1 Å². The molecule has 0 saturated heterocycles. The fourth-order valence-electron chi connectivity index (χ4n) is 2.16. The Morgan fingerprint density at radius 1 is 1.48 bits per heavy atom. The van der Waals surface area contributed by atoms with Gasteiger partial charge in [-0.3, -0.25) is 10.1 Å². The Labute approximate surface area is 130 Å². The minimum Gasteiger partial charge on any atom is -0.332 e. The summed E-state index contributed by atoms with van der Waals surface area (Å²) in [6.45, 7) is 1.19. The fourth-order valence-corrected chi connectivity index (χ4v) is 2.51. The maximum atomic E-state index is 11.1. The van der Waals surface area contributed by atoms with Gasteiger partial charge in [0.15, 0.2) is 0 Å². The monoisotopic (exact) mass is 350 g/mol. The molecule has 1 heterocycles. The third kappa shape index (κ3) is 3.68. The molecule has 3 rings (SSSR count). The maximum absolute atomic E-state index is 11.1. The van der Waals surface area contributed by atoms with E-state index in [1.54, 1.807) is 12.4 Å². The number of halogens is 1. The van der Waals surface area contributed by atoms with Crippen LogP contribution in [0.4, 0.5) is 5.69 Å². The Balaban J connectivity index is 1.72. The summed E-state index contributed by atoms with van der Waals surface area (Å²) in [5, 5.41) is 14.5. The topological polar surface area (TPSA) is 73.0 Å². The van der Waals surface area contributed by atoms with E-state index in [9.17, 15) is 10.1 Å². The number of nitro groups is 1. The molecule has 1 fully saturated rings. The SMILES string of the molecule is O=[N+]([O-])c1cc(Br)ccc1Cn1cnc(CNC2CC2)c1. The standard InChI is InChI=1S/C14H15BrN4O2/c15-11-2-1-10(14(5-11)19(20)21)7-18-8-13(17-9-18)6-16-12-3-4-12/h1-2,5,8-9,12,16H,3-4,6-7H2. The van der Waals surface area contributed by atoms with E-state index in [0.29, 0.717) is 22.6 Å². The van der Waals surface area contributed by atoms with Gasteiger partial charge in [-0.1, -0.05) is 15.9 Å². The quantitative estimate of drug-likeness (QED) is 0.642. The molecule has 0 amide bonds.